The first-order chi connectivity index (χ1) is 17.3. The molecular formula is C26H26BCl2N7. The highest BCUT2D eigenvalue weighted by Crippen LogP contribution is 2.43. The number of anilines is 2. The van der Waals surface area contributed by atoms with Crippen molar-refractivity contribution >= 4 is 53.3 Å². The van der Waals surface area contributed by atoms with E-state index in [1.54, 1.807) is 6.20 Å². The topological polar surface area (TPSA) is 88.0 Å². The third-order valence-electron chi connectivity index (χ3n) is 7.35. The molecule has 2 fully saturated rings. The smallest absolute Gasteiger partial charge is 0.148 e. The van der Waals surface area contributed by atoms with Crippen molar-refractivity contribution in [3.8, 4) is 6.07 Å². The first-order valence-electron chi connectivity index (χ1n) is 12.2. The van der Waals surface area contributed by atoms with E-state index in [0.29, 0.717) is 27.2 Å². The molecule has 2 aromatic carbocycles. The quantitative estimate of drug-likeness (QED) is 0.340. The zero-order chi connectivity index (χ0) is 25.1. The Labute approximate surface area is 221 Å². The maximum absolute atomic E-state index is 9.80. The first-order valence-corrected chi connectivity index (χ1v) is 12.9. The Hall–Kier alpha value is -3.12. The molecule has 3 aliphatic rings. The van der Waals surface area contributed by atoms with E-state index >= 15 is 0 Å². The number of fused-ring (bicyclic) bond motifs is 1. The number of hydrazine groups is 2. The second-order valence-electron chi connectivity index (χ2n) is 10.3. The molecule has 6 rings (SSSR count). The summed E-state index contributed by atoms with van der Waals surface area (Å²) < 4.78 is 0. The van der Waals surface area contributed by atoms with Crippen LogP contribution in [0.15, 0.2) is 54.5 Å². The van der Waals surface area contributed by atoms with Crippen molar-refractivity contribution in [2.75, 3.05) is 10.6 Å². The van der Waals surface area contributed by atoms with Gasteiger partial charge in [0.25, 0.3) is 0 Å². The number of rotatable bonds is 7. The fourth-order valence-corrected chi connectivity index (χ4v) is 5.33. The summed E-state index contributed by atoms with van der Waals surface area (Å²) in [5.41, 5.74) is 10.5. The molecule has 36 heavy (non-hydrogen) atoms. The summed E-state index contributed by atoms with van der Waals surface area (Å²) in [4.78, 5) is 4.50. The van der Waals surface area contributed by atoms with Gasteiger partial charge in [-0.2, -0.15) is 5.26 Å². The fraction of sp³-hybridized carbons (Fsp3) is 0.308. The molecule has 2 aliphatic carbocycles. The highest BCUT2D eigenvalue weighted by atomic mass is 35.5. The number of nitriles is 1. The normalized spacial score (nSPS) is 19.7. The van der Waals surface area contributed by atoms with Crippen molar-refractivity contribution in [3.05, 3.63) is 75.7 Å². The first kappa shape index (κ1) is 23.3. The molecule has 7 nitrogen and oxygen atoms in total. The molecule has 2 saturated carbocycles. The van der Waals surface area contributed by atoms with Crippen LogP contribution >= 0.6 is 23.2 Å². The molecule has 10 heteroatoms. The largest absolute Gasteiger partial charge is 0.378 e. The highest BCUT2D eigenvalue weighted by molar-refractivity contribution is 6.36. The van der Waals surface area contributed by atoms with Gasteiger partial charge in [0.05, 0.1) is 32.9 Å². The minimum absolute atomic E-state index is 0.0155. The van der Waals surface area contributed by atoms with E-state index in [4.69, 9.17) is 23.2 Å². The molecule has 0 saturated heterocycles. The van der Waals surface area contributed by atoms with E-state index in [1.807, 2.05) is 36.4 Å². The number of nitrogens with one attached hydrogen (secondary N) is 4. The van der Waals surface area contributed by atoms with Crippen LogP contribution in [0, 0.1) is 11.3 Å². The molecule has 4 N–H and O–H groups in total. The molecular weight excluding hydrogens is 492 g/mol. The van der Waals surface area contributed by atoms with Gasteiger partial charge in [0.1, 0.15) is 13.9 Å². The second kappa shape index (κ2) is 8.48. The lowest BCUT2D eigenvalue weighted by Gasteiger charge is -2.34. The van der Waals surface area contributed by atoms with Crippen LogP contribution in [-0.2, 0) is 5.44 Å². The Kier molecular flexibility index (Phi) is 5.49. The zero-order valence-electron chi connectivity index (χ0n) is 20.1. The predicted molar refractivity (Wildman–Crippen MR) is 147 cm³/mol. The number of pyridine rings is 1. The van der Waals surface area contributed by atoms with Crippen molar-refractivity contribution in [2.24, 2.45) is 0 Å². The summed E-state index contributed by atoms with van der Waals surface area (Å²) >= 11 is 13.5. The van der Waals surface area contributed by atoms with Crippen molar-refractivity contribution in [3.63, 3.8) is 0 Å². The monoisotopic (exact) mass is 517 g/mol. The Morgan fingerprint density at radius 1 is 1.22 bits per heavy atom. The lowest BCUT2D eigenvalue weighted by Crippen LogP contribution is -2.45. The van der Waals surface area contributed by atoms with Gasteiger partial charge in [0, 0.05) is 40.1 Å². The summed E-state index contributed by atoms with van der Waals surface area (Å²) in [6.07, 6.45) is 8.14. The zero-order valence-corrected chi connectivity index (χ0v) is 21.6. The van der Waals surface area contributed by atoms with Crippen LogP contribution in [-0.4, -0.2) is 29.4 Å². The minimum Gasteiger partial charge on any atom is -0.378 e. The predicted octanol–water partition coefficient (Wildman–Crippen LogP) is 4.60. The minimum atomic E-state index is -0.706. The third kappa shape index (κ3) is 4.11. The average molecular weight is 518 g/mol. The average Bonchev–Trinajstić information content (AvgIpc) is 3.78. The molecule has 0 radical (unpaired) electrons. The van der Waals surface area contributed by atoms with E-state index in [-0.39, 0.29) is 5.54 Å². The van der Waals surface area contributed by atoms with Gasteiger partial charge >= 0.3 is 0 Å². The fourth-order valence-electron chi connectivity index (χ4n) is 4.73. The summed E-state index contributed by atoms with van der Waals surface area (Å²) in [7, 11) is 2.09. The van der Waals surface area contributed by atoms with Gasteiger partial charge < -0.3 is 16.1 Å². The second-order valence-corrected chi connectivity index (χ2v) is 11.2. The summed E-state index contributed by atoms with van der Waals surface area (Å²) in [5.74, 6) is 0. The van der Waals surface area contributed by atoms with Gasteiger partial charge in [-0.05, 0) is 56.4 Å². The SMILES string of the molecule is BC(Nc1cc(Cl)c2ncc(C#N)c(NC3(C)CC3)c2c1)(C1=CN(C2CC2)NN1)c1ccccc1Cl. The molecule has 0 bridgehead atoms. The Bertz CT molecular complexity index is 1440. The highest BCUT2D eigenvalue weighted by Gasteiger charge is 2.40. The van der Waals surface area contributed by atoms with Crippen LogP contribution in [0.5, 0.6) is 0 Å². The molecule has 3 aromatic rings. The maximum Gasteiger partial charge on any atom is 0.148 e. The summed E-state index contributed by atoms with van der Waals surface area (Å²) in [6, 6.07) is 14.5. The van der Waals surface area contributed by atoms with Crippen LogP contribution in [0.25, 0.3) is 10.9 Å². The molecule has 0 spiro atoms. The number of nitrogens with zero attached hydrogens (tertiary/aromatic N) is 3. The van der Waals surface area contributed by atoms with Crippen molar-refractivity contribution in [1.29, 1.82) is 5.26 Å². The van der Waals surface area contributed by atoms with Crippen molar-refractivity contribution in [2.45, 2.75) is 49.6 Å². The van der Waals surface area contributed by atoms with Crippen molar-refractivity contribution in [1.82, 2.24) is 21.0 Å². The van der Waals surface area contributed by atoms with Gasteiger partial charge in [-0.1, -0.05) is 41.4 Å². The molecule has 0 amide bonds. The standard InChI is InChI=1S/C26H26BCl2N7/c1-25(8-9-25)33-23-15(12-30)13-31-24-18(23)10-16(11-21(24)29)32-26(27,19-4-2-3-5-20(19)28)22-14-36(35-34-22)17-6-7-17/h2-5,10-11,13-14,17,32,34-35H,6-9,27H2,1H3,(H,31,33). The Morgan fingerprint density at radius 2 is 2.00 bits per heavy atom. The van der Waals surface area contributed by atoms with Crippen LogP contribution in [0.4, 0.5) is 11.4 Å². The third-order valence-corrected chi connectivity index (χ3v) is 7.96. The molecule has 182 valence electrons. The number of halogens is 2. The van der Waals surface area contributed by atoms with Crippen LogP contribution < -0.4 is 21.6 Å². The maximum atomic E-state index is 9.80. The van der Waals surface area contributed by atoms with E-state index < -0.39 is 5.44 Å². The number of hydrogen-bond donors (Lipinski definition) is 4. The lowest BCUT2D eigenvalue weighted by molar-refractivity contribution is 0.260. The molecule has 1 aliphatic heterocycles. The number of aromatic nitrogens is 1. The Balaban J connectivity index is 1.47. The van der Waals surface area contributed by atoms with Gasteiger partial charge in [-0.3, -0.25) is 9.99 Å². The molecule has 1 aromatic heterocycles. The van der Waals surface area contributed by atoms with Crippen LogP contribution in [0.1, 0.15) is 43.7 Å². The molecule has 1 atom stereocenters. The Morgan fingerprint density at radius 3 is 2.69 bits per heavy atom. The lowest BCUT2D eigenvalue weighted by atomic mass is 9.69. The van der Waals surface area contributed by atoms with E-state index in [9.17, 15) is 5.26 Å². The van der Waals surface area contributed by atoms with Gasteiger partial charge in [0.2, 0.25) is 0 Å². The van der Waals surface area contributed by atoms with E-state index in [1.165, 1.54) is 0 Å². The van der Waals surface area contributed by atoms with Gasteiger partial charge in [-0.15, -0.1) is 5.53 Å². The van der Waals surface area contributed by atoms with E-state index in [0.717, 1.165) is 53.7 Å². The van der Waals surface area contributed by atoms with Crippen LogP contribution in [0.3, 0.4) is 0 Å². The van der Waals surface area contributed by atoms with Gasteiger partial charge in [0.15, 0.2) is 0 Å². The number of benzene rings is 2. The van der Waals surface area contributed by atoms with E-state index in [2.05, 4.69) is 58.6 Å². The van der Waals surface area contributed by atoms with Crippen LogP contribution in [0.2, 0.25) is 10.0 Å². The molecule has 2 heterocycles. The summed E-state index contributed by atoms with van der Waals surface area (Å²) in [5, 5.41) is 21.2. The number of hydrogen-bond acceptors (Lipinski definition) is 7. The molecule has 1 unspecified atom stereocenters. The van der Waals surface area contributed by atoms with Gasteiger partial charge in [-0.25, -0.2) is 0 Å². The summed E-state index contributed by atoms with van der Waals surface area (Å²) in [6.45, 7) is 2.16. The van der Waals surface area contributed by atoms with Crippen molar-refractivity contribution < 1.29 is 0 Å².